The number of aryl methyl sites for hydroxylation is 2. The predicted molar refractivity (Wildman–Crippen MR) is 575 cm³/mol. The molecule has 796 valence electrons. The average molecular weight is 2080 g/mol. The Balaban J connectivity index is 0.000000275. The molecule has 0 N–H and O–H groups in total. The summed E-state index contributed by atoms with van der Waals surface area (Å²) in [4.78, 5) is 0. The number of alkyl halides is 4. The Morgan fingerprint density at radius 2 is 0.623 bits per heavy atom. The van der Waals surface area contributed by atoms with E-state index in [0.29, 0.717) is 77.2 Å². The Morgan fingerprint density at radius 1 is 0.319 bits per heavy atom. The lowest BCUT2D eigenvalue weighted by molar-refractivity contribution is -0.220. The van der Waals surface area contributed by atoms with Gasteiger partial charge in [-0.2, -0.15) is 0 Å². The number of hydrogen-bond donors (Lipinski definition) is 0. The van der Waals surface area contributed by atoms with Crippen LogP contribution in [0.15, 0.2) is 103 Å². The first-order chi connectivity index (χ1) is 65.1. The number of unbranched alkanes of at least 4 members (excludes halogenated alkanes) is 2. The molecule has 12 aliphatic rings. The van der Waals surface area contributed by atoms with Crippen LogP contribution in [0, 0.1) is 55.3 Å². The van der Waals surface area contributed by atoms with Crippen molar-refractivity contribution in [1.82, 2.24) is 0 Å². The molecule has 138 heavy (non-hydrogen) atoms. The number of benzene rings is 4. The summed E-state index contributed by atoms with van der Waals surface area (Å²) in [6.45, 7) is 64.4. The van der Waals surface area contributed by atoms with E-state index in [1.165, 1.54) is 92.0 Å². The minimum atomic E-state index is -0.515. The van der Waals surface area contributed by atoms with Gasteiger partial charge in [0.15, 0.2) is 40.5 Å². The van der Waals surface area contributed by atoms with E-state index >= 15 is 0 Å². The minimum Gasteiger partial charge on any atom is -0.381 e. The SMILES string of the molecule is C.CBr.CC.CC(C)[C@H]1OC(C)(C)O[C@@H]1CCl.CC(C)[C@H]1OC(C)(C)O[C@@H]1c1ccc(Cl)cc1.CC(C)[C@H]1OC2(CCCCC2)O[C@@H]1CCCCl.CC(C)[C@H]1OC2(CCOCC2)O[C@@H]1CCl.CC(C)c1ccccc1.CCCC[C@H]1OC2(CCCC2)O[C@@H]1C(C)C.CCCC[C@H]1OC2(CCOCC2)O[C@@H]1C(C)C.Cc1ccc([C@H]2OC3(CCOCC3)O[C@@H]2C(C)C)cc1.Cc1cccc(C(C)C)c1. The van der Waals surface area contributed by atoms with Crippen LogP contribution in [0.4, 0.5) is 0 Å². The van der Waals surface area contributed by atoms with Crippen molar-refractivity contribution in [3.8, 4) is 0 Å². The zero-order valence-corrected chi connectivity index (χ0v) is 95.2. The van der Waals surface area contributed by atoms with Crippen LogP contribution in [0.1, 0.15) is 393 Å². The molecular weight excluding hydrogens is 1890 g/mol. The van der Waals surface area contributed by atoms with E-state index in [4.69, 9.17) is 127 Å². The lowest BCUT2D eigenvalue weighted by Gasteiger charge is -2.32. The maximum atomic E-state index is 6.39. The smallest absolute Gasteiger partial charge is 0.174 e. The van der Waals surface area contributed by atoms with Gasteiger partial charge >= 0.3 is 0 Å². The van der Waals surface area contributed by atoms with Gasteiger partial charge in [0.25, 0.3) is 0 Å². The summed E-state index contributed by atoms with van der Waals surface area (Å²) < 4.78 is 102. The monoisotopic (exact) mass is 2080 g/mol. The standard InChI is InChI=1S/C17H24O3.C14H19ClO2.C14H25ClO2.C14H26O3.C14H26O2.C11H19ClO3.C10H14.C9H17ClO2.C9H12.C2H6.CH3Br.CH4/c1-12(2)15-16(14-6-4-13(3)5-7-14)20-17(19-15)8-10-18-11-9-17;1-9(2)12-13(17-14(3,4)16-12)10-5-7-11(15)8-6-10;1-11(2)13-12(7-6-10-15)16-14(17-13)8-4-3-5-9-14;1-4-5-6-12-13(11(2)3)17-14(16-12)7-9-15-10-8-14;1-4-5-8-12-13(11(2)3)16-14(15-12)9-6-7-10-14;1-8(2)10-9(7-12)14-11(15-10)3-5-13-6-4-11;1-8(2)10-6-4-5-9(3)7-10;1-6(2)8-7(5-10)11-9(3,4)12-8;1-8(2)9-6-4-3-5-7-9;2*1-2;/h4-7,12,15-16H,8-11H2,1-3H3;5-9,12-13H,1-4H3;11-13H,3-10H2,1-2H3;11-13H,4-10H2,1-3H3;11-13H,4-10H2,1-3H3;8-10H,3-7H2,1-2H3;4-8H,1-3H3;6-8H,5H2,1-4H3;3-8H,1-2H3;1-2H3;1H3;1H4/t15-,16-;4*12-,13-;9-,10-;;7-,8-;;;;/m111111.1..../s1. The Hall–Kier alpha value is -2.16. The number of rotatable bonds is 22. The largest absolute Gasteiger partial charge is 0.381 e. The molecule has 0 aromatic heterocycles. The molecule has 16 rings (SSSR count). The van der Waals surface area contributed by atoms with Crippen LogP contribution in [-0.4, -0.2) is 177 Å². The van der Waals surface area contributed by atoms with Gasteiger partial charge in [0.1, 0.15) is 24.4 Å². The molecular formula is C116H195BrCl4O17. The molecule has 2 aliphatic carbocycles. The molecule has 14 atom stereocenters. The van der Waals surface area contributed by atoms with Gasteiger partial charge in [-0.15, -0.1) is 34.8 Å². The third kappa shape index (κ3) is 40.1. The van der Waals surface area contributed by atoms with Gasteiger partial charge in [0.05, 0.1) is 112 Å². The highest BCUT2D eigenvalue weighted by atomic mass is 79.9. The Kier molecular flexibility index (Phi) is 57.6. The highest BCUT2D eigenvalue weighted by Crippen LogP contribution is 2.50. The van der Waals surface area contributed by atoms with E-state index in [9.17, 15) is 0 Å². The summed E-state index contributed by atoms with van der Waals surface area (Å²) in [5.74, 6) is 5.64. The van der Waals surface area contributed by atoms with Crippen LogP contribution < -0.4 is 0 Å². The maximum absolute atomic E-state index is 6.39. The van der Waals surface area contributed by atoms with Gasteiger partial charge in [-0.3, -0.25) is 0 Å². The molecule has 4 aromatic rings. The van der Waals surface area contributed by atoms with Crippen LogP contribution in [0.5, 0.6) is 0 Å². The van der Waals surface area contributed by atoms with E-state index in [1.807, 2.05) is 77.7 Å². The van der Waals surface area contributed by atoms with Crippen molar-refractivity contribution in [3.05, 3.63) is 142 Å². The molecule has 2 saturated carbocycles. The summed E-state index contributed by atoms with van der Waals surface area (Å²) in [5, 5.41) is 0.744. The van der Waals surface area contributed by atoms with Gasteiger partial charge in [-0.05, 0) is 186 Å². The van der Waals surface area contributed by atoms with Gasteiger partial charge in [0, 0.05) is 75.1 Å². The molecule has 10 heterocycles. The molecule has 0 unspecified atom stereocenters. The van der Waals surface area contributed by atoms with Crippen LogP contribution in [0.3, 0.4) is 0 Å². The van der Waals surface area contributed by atoms with Crippen molar-refractivity contribution < 1.29 is 80.5 Å². The van der Waals surface area contributed by atoms with E-state index in [1.54, 1.807) is 0 Å². The van der Waals surface area contributed by atoms with Gasteiger partial charge in [-0.25, -0.2) is 0 Å². The zero-order chi connectivity index (χ0) is 101. The first-order valence-corrected chi connectivity index (χ1v) is 56.9. The van der Waals surface area contributed by atoms with E-state index in [2.05, 4.69) is 241 Å². The third-order valence-electron chi connectivity index (χ3n) is 27.4. The molecule has 0 radical (unpaired) electrons. The van der Waals surface area contributed by atoms with Crippen LogP contribution in [-0.2, 0) is 80.5 Å². The molecule has 4 aromatic carbocycles. The quantitative estimate of drug-likeness (QED) is 0.0684. The van der Waals surface area contributed by atoms with Gasteiger partial charge in [0.2, 0.25) is 0 Å². The van der Waals surface area contributed by atoms with Gasteiger partial charge in [-0.1, -0.05) is 322 Å². The zero-order valence-electron chi connectivity index (χ0n) is 90.6. The average Bonchev–Trinajstić information content (AvgIpc) is 1.61. The van der Waals surface area contributed by atoms with E-state index in [0.717, 1.165) is 140 Å². The van der Waals surface area contributed by atoms with Crippen molar-refractivity contribution in [2.45, 2.75) is 487 Å². The molecule has 12 fully saturated rings. The number of halogens is 5. The van der Waals surface area contributed by atoms with Crippen LogP contribution in [0.2, 0.25) is 5.02 Å². The molecule has 22 heteroatoms. The highest BCUT2D eigenvalue weighted by Gasteiger charge is 2.55. The topological polar surface area (TPSA) is 157 Å². The second-order valence-corrected chi connectivity index (χ2v) is 44.6. The van der Waals surface area contributed by atoms with Crippen molar-refractivity contribution >= 4 is 62.3 Å². The lowest BCUT2D eigenvalue weighted by atomic mass is 9.94. The minimum absolute atomic E-state index is 0. The highest BCUT2D eigenvalue weighted by molar-refractivity contribution is 9.08. The summed E-state index contributed by atoms with van der Waals surface area (Å²) in [6.07, 6.45) is 27.4. The van der Waals surface area contributed by atoms with Crippen molar-refractivity contribution in [3.63, 3.8) is 0 Å². The molecule has 10 aliphatic heterocycles. The Morgan fingerprint density at radius 3 is 0.964 bits per heavy atom. The molecule has 0 amide bonds. The Bertz CT molecular complexity index is 3750. The maximum Gasteiger partial charge on any atom is 0.174 e. The van der Waals surface area contributed by atoms with Crippen molar-refractivity contribution in [2.24, 2.45) is 41.4 Å². The summed E-state index contributed by atoms with van der Waals surface area (Å²) >= 11 is 26.3. The van der Waals surface area contributed by atoms with Crippen molar-refractivity contribution in [2.75, 3.05) is 63.1 Å². The summed E-state index contributed by atoms with van der Waals surface area (Å²) in [7, 11) is 0. The first kappa shape index (κ1) is 126. The second-order valence-electron chi connectivity index (χ2n) is 43.1. The fourth-order valence-corrected chi connectivity index (χ4v) is 20.6. The van der Waals surface area contributed by atoms with Gasteiger partial charge < -0.3 is 80.5 Å². The molecule has 5 spiro atoms. The number of hydrogen-bond acceptors (Lipinski definition) is 17. The third-order valence-corrected chi connectivity index (χ3v) is 28.5. The second kappa shape index (κ2) is 63.0. The summed E-state index contributed by atoms with van der Waals surface area (Å²) in [6, 6.07) is 35.6. The van der Waals surface area contributed by atoms with E-state index in [-0.39, 0.29) is 98.0 Å². The molecule has 17 nitrogen and oxygen atoms in total. The lowest BCUT2D eigenvalue weighted by Crippen LogP contribution is -2.38. The van der Waals surface area contributed by atoms with E-state index < -0.39 is 23.1 Å². The predicted octanol–water partition coefficient (Wildman–Crippen LogP) is 32.1. The normalized spacial score (nSPS) is 27.8. The summed E-state index contributed by atoms with van der Waals surface area (Å²) in [5.41, 5.74) is 7.81. The number of ether oxygens (including phenoxy) is 17. The Labute approximate surface area is 869 Å². The first-order valence-electron chi connectivity index (χ1n) is 53.3. The molecule has 10 saturated heterocycles. The van der Waals surface area contributed by atoms with Crippen molar-refractivity contribution in [1.29, 1.82) is 0 Å². The molecule has 0 bridgehead atoms. The fraction of sp³-hybridized carbons (Fsp3) is 0.793. The van der Waals surface area contributed by atoms with Crippen LogP contribution >= 0.6 is 62.3 Å². The fourth-order valence-electron chi connectivity index (χ4n) is 19.9. The van der Waals surface area contributed by atoms with Crippen LogP contribution in [0.25, 0.3) is 0 Å².